The topological polar surface area (TPSA) is 118 Å². The fourth-order valence-electron chi connectivity index (χ4n) is 4.62. The molecule has 0 spiro atoms. The van der Waals surface area contributed by atoms with Gasteiger partial charge < -0.3 is 24.3 Å². The molecule has 0 radical (unpaired) electrons. The van der Waals surface area contributed by atoms with Crippen LogP contribution in [0.1, 0.15) is 52.3 Å². The molecule has 1 amide bonds. The molecular weight excluding hydrogens is 467 g/mol. The zero-order valence-corrected chi connectivity index (χ0v) is 20.2. The summed E-state index contributed by atoms with van der Waals surface area (Å²) in [4.78, 5) is 46.9. The summed E-state index contributed by atoms with van der Waals surface area (Å²) in [7, 11) is 0. The normalized spacial score (nSPS) is 17.1. The molecule has 4 rings (SSSR count). The van der Waals surface area contributed by atoms with Gasteiger partial charge in [0.05, 0.1) is 24.5 Å². The number of hydrogen-bond donors (Lipinski definition) is 2. The predicted octanol–water partition coefficient (Wildman–Crippen LogP) is 3.66. The van der Waals surface area contributed by atoms with E-state index in [9.17, 15) is 23.9 Å². The van der Waals surface area contributed by atoms with Gasteiger partial charge in [-0.25, -0.2) is 14.2 Å². The number of benzene rings is 1. The number of rotatable bonds is 8. The average Bonchev–Trinajstić information content (AvgIpc) is 3.53. The van der Waals surface area contributed by atoms with Crippen molar-refractivity contribution in [1.29, 1.82) is 0 Å². The number of nitrogens with one attached hydrogen (secondary N) is 1. The van der Waals surface area contributed by atoms with Gasteiger partial charge in [0, 0.05) is 42.3 Å². The van der Waals surface area contributed by atoms with Gasteiger partial charge >= 0.3 is 5.97 Å². The number of nitrogens with zero attached hydrogens (tertiary/aromatic N) is 3. The van der Waals surface area contributed by atoms with Crippen LogP contribution in [0.5, 0.6) is 0 Å². The smallest absolute Gasteiger partial charge is 0.355 e. The van der Waals surface area contributed by atoms with E-state index in [1.165, 1.54) is 23.1 Å². The first-order chi connectivity index (χ1) is 17.3. The molecule has 9 nitrogen and oxygen atoms in total. The third kappa shape index (κ3) is 4.41. The molecule has 3 aromatic rings. The van der Waals surface area contributed by atoms with Gasteiger partial charge in [-0.2, -0.15) is 0 Å². The Kier molecular flexibility index (Phi) is 7.05. The number of H-pyrrole nitrogens is 1. The highest BCUT2D eigenvalue weighted by molar-refractivity contribution is 6.46. The molecular formula is C26H27FN4O5. The van der Waals surface area contributed by atoms with E-state index < -0.39 is 35.3 Å². The molecule has 1 saturated heterocycles. The molecule has 2 aromatic heterocycles. The monoisotopic (exact) mass is 494 g/mol. The lowest BCUT2D eigenvalue weighted by Gasteiger charge is -2.25. The van der Waals surface area contributed by atoms with Crippen LogP contribution >= 0.6 is 0 Å². The van der Waals surface area contributed by atoms with Crippen LogP contribution < -0.4 is 0 Å². The number of hydrogen-bond acceptors (Lipinski definition) is 6. The van der Waals surface area contributed by atoms with Gasteiger partial charge in [-0.05, 0) is 38.8 Å². The van der Waals surface area contributed by atoms with Crippen LogP contribution in [-0.4, -0.2) is 55.4 Å². The number of esters is 1. The lowest BCUT2D eigenvalue weighted by molar-refractivity contribution is -0.140. The Morgan fingerprint density at radius 2 is 1.97 bits per heavy atom. The van der Waals surface area contributed by atoms with Crippen molar-refractivity contribution in [1.82, 2.24) is 19.4 Å². The Balaban J connectivity index is 1.80. The van der Waals surface area contributed by atoms with Crippen LogP contribution in [0.3, 0.4) is 0 Å². The maximum Gasteiger partial charge on any atom is 0.355 e. The number of aromatic amines is 1. The lowest BCUT2D eigenvalue weighted by atomic mass is 9.93. The van der Waals surface area contributed by atoms with Gasteiger partial charge in [0.1, 0.15) is 17.3 Å². The molecule has 1 aliphatic rings. The number of carbonyl (C=O) groups is 3. The van der Waals surface area contributed by atoms with Gasteiger partial charge in [-0.1, -0.05) is 18.2 Å². The largest absolute Gasteiger partial charge is 0.507 e. The standard InChI is InChI=1S/C26H27FN4O5/c1-4-36-26(35)21-15(2)19(16(3)29-21)23(32)20-22(17-8-5-6-9-18(17)27)31(25(34)24(20)33)12-7-11-30-13-10-28-14-30/h5-6,8-10,13-14,22,29,32H,4,7,11-12H2,1-3H3/t22-/m1/s1. The molecule has 36 heavy (non-hydrogen) atoms. The van der Waals surface area contributed by atoms with Crippen molar-refractivity contribution >= 4 is 23.4 Å². The van der Waals surface area contributed by atoms with E-state index in [-0.39, 0.29) is 35.5 Å². The van der Waals surface area contributed by atoms with Crippen LogP contribution in [0.2, 0.25) is 0 Å². The maximum atomic E-state index is 15.0. The molecule has 1 atom stereocenters. The molecule has 2 N–H and O–H groups in total. The minimum Gasteiger partial charge on any atom is -0.507 e. The minimum atomic E-state index is -1.13. The number of amides is 1. The van der Waals surface area contributed by atoms with E-state index in [0.717, 1.165) is 0 Å². The molecule has 1 aromatic carbocycles. The van der Waals surface area contributed by atoms with Crippen LogP contribution in [0.25, 0.3) is 5.76 Å². The number of likely N-dealkylation sites (tertiary alicyclic amines) is 1. The molecule has 0 saturated carbocycles. The Bertz CT molecular complexity index is 1340. The number of aliphatic hydroxyl groups is 1. The predicted molar refractivity (Wildman–Crippen MR) is 128 cm³/mol. The van der Waals surface area contributed by atoms with E-state index in [1.807, 2.05) is 4.57 Å². The van der Waals surface area contributed by atoms with Crippen molar-refractivity contribution in [3.8, 4) is 0 Å². The van der Waals surface area contributed by atoms with Crippen LogP contribution in [0, 0.1) is 19.7 Å². The number of halogens is 1. The van der Waals surface area contributed by atoms with Gasteiger partial charge in [0.25, 0.3) is 11.7 Å². The van der Waals surface area contributed by atoms with Crippen molar-refractivity contribution in [3.63, 3.8) is 0 Å². The van der Waals surface area contributed by atoms with Crippen LogP contribution in [0.4, 0.5) is 4.39 Å². The zero-order chi connectivity index (χ0) is 26.0. The molecule has 10 heteroatoms. The molecule has 0 aliphatic carbocycles. The van der Waals surface area contributed by atoms with Crippen molar-refractivity contribution in [2.45, 2.75) is 39.8 Å². The fourth-order valence-corrected chi connectivity index (χ4v) is 4.62. The average molecular weight is 495 g/mol. The summed E-state index contributed by atoms with van der Waals surface area (Å²) in [5.41, 5.74) is 0.975. The molecule has 188 valence electrons. The minimum absolute atomic E-state index is 0.0948. The SMILES string of the molecule is CCOC(=O)c1[nH]c(C)c(C(O)=C2C(=O)C(=O)N(CCCn3ccnc3)[C@@H]2c2ccccc2F)c1C. The third-order valence-electron chi connectivity index (χ3n) is 6.27. The molecule has 1 aliphatic heterocycles. The maximum absolute atomic E-state index is 15.0. The fraction of sp³-hybridized carbons (Fsp3) is 0.308. The molecule has 1 fully saturated rings. The summed E-state index contributed by atoms with van der Waals surface area (Å²) in [6.45, 7) is 5.75. The Morgan fingerprint density at radius 3 is 2.64 bits per heavy atom. The molecule has 0 bridgehead atoms. The first kappa shape index (κ1) is 24.9. The van der Waals surface area contributed by atoms with Crippen molar-refractivity contribution in [2.24, 2.45) is 0 Å². The highest BCUT2D eigenvalue weighted by Crippen LogP contribution is 2.41. The molecule has 0 unspecified atom stereocenters. The second kappa shape index (κ2) is 10.2. The lowest BCUT2D eigenvalue weighted by Crippen LogP contribution is -2.31. The van der Waals surface area contributed by atoms with Gasteiger partial charge in [0.15, 0.2) is 0 Å². The Hall–Kier alpha value is -4.21. The summed E-state index contributed by atoms with van der Waals surface area (Å²) in [6.07, 6.45) is 5.53. The first-order valence-corrected chi connectivity index (χ1v) is 11.6. The Labute approximate surface area is 207 Å². The van der Waals surface area contributed by atoms with E-state index in [0.29, 0.717) is 24.2 Å². The van der Waals surface area contributed by atoms with Gasteiger partial charge in [-0.3, -0.25) is 9.59 Å². The quantitative estimate of drug-likeness (QED) is 0.214. The van der Waals surface area contributed by atoms with Crippen molar-refractivity contribution < 1.29 is 28.6 Å². The Morgan fingerprint density at radius 1 is 1.22 bits per heavy atom. The second-order valence-corrected chi connectivity index (χ2v) is 8.51. The van der Waals surface area contributed by atoms with Crippen LogP contribution in [0.15, 0.2) is 48.6 Å². The number of ketones is 1. The highest BCUT2D eigenvalue weighted by atomic mass is 19.1. The number of aryl methyl sites for hydroxylation is 2. The van der Waals surface area contributed by atoms with Gasteiger partial charge in [-0.15, -0.1) is 0 Å². The van der Waals surface area contributed by atoms with E-state index in [1.54, 1.807) is 45.6 Å². The van der Waals surface area contributed by atoms with Crippen molar-refractivity contribution in [3.05, 3.63) is 82.5 Å². The summed E-state index contributed by atoms with van der Waals surface area (Å²) in [5.74, 6) is -3.43. The summed E-state index contributed by atoms with van der Waals surface area (Å²) in [5, 5.41) is 11.4. The number of carbonyl (C=O) groups excluding carboxylic acids is 3. The third-order valence-corrected chi connectivity index (χ3v) is 6.27. The number of imidazole rings is 1. The molecule has 3 heterocycles. The van der Waals surface area contributed by atoms with Crippen molar-refractivity contribution in [2.75, 3.05) is 13.2 Å². The zero-order valence-electron chi connectivity index (χ0n) is 20.2. The number of aliphatic hydroxyl groups excluding tert-OH is 1. The van der Waals surface area contributed by atoms with E-state index in [4.69, 9.17) is 4.74 Å². The number of Topliss-reactive ketones (excluding diaryl/α,β-unsaturated/α-hetero) is 1. The second-order valence-electron chi connectivity index (χ2n) is 8.51. The van der Waals surface area contributed by atoms with Crippen LogP contribution in [-0.2, 0) is 20.9 Å². The summed E-state index contributed by atoms with van der Waals surface area (Å²) >= 11 is 0. The summed E-state index contributed by atoms with van der Waals surface area (Å²) in [6, 6.07) is 4.72. The van der Waals surface area contributed by atoms with E-state index in [2.05, 4.69) is 9.97 Å². The first-order valence-electron chi connectivity index (χ1n) is 11.6. The number of ether oxygens (including phenoxy) is 1. The van der Waals surface area contributed by atoms with E-state index >= 15 is 0 Å². The van der Waals surface area contributed by atoms with Gasteiger partial charge in [0.2, 0.25) is 0 Å². The number of aromatic nitrogens is 3. The highest BCUT2D eigenvalue weighted by Gasteiger charge is 2.47. The summed E-state index contributed by atoms with van der Waals surface area (Å²) < 4.78 is 21.9.